The van der Waals surface area contributed by atoms with Gasteiger partial charge < -0.3 is 10.5 Å². The van der Waals surface area contributed by atoms with Gasteiger partial charge in [-0.25, -0.2) is 0 Å². The molecule has 3 aromatic rings. The van der Waals surface area contributed by atoms with Gasteiger partial charge in [0.05, 0.1) is 6.61 Å². The van der Waals surface area contributed by atoms with E-state index in [-0.39, 0.29) is 0 Å². The molecule has 0 aliphatic heterocycles. The fourth-order valence-corrected chi connectivity index (χ4v) is 2.55. The summed E-state index contributed by atoms with van der Waals surface area (Å²) < 4.78 is 6.08. The molecule has 0 aromatic heterocycles. The Kier molecular flexibility index (Phi) is 3.84. The molecule has 0 unspecified atom stereocenters. The van der Waals surface area contributed by atoms with Crippen LogP contribution in [0.3, 0.4) is 0 Å². The summed E-state index contributed by atoms with van der Waals surface area (Å²) in [6.07, 6.45) is 2.00. The maximum absolute atomic E-state index is 6.08. The monoisotopic (exact) mass is 265 g/mol. The molecule has 0 fully saturated rings. The number of nitrogens with two attached hydrogens (primary N) is 1. The number of unbranched alkanes of at least 4 members (excludes halogenated alkanes) is 1. The molecule has 0 aliphatic carbocycles. The summed E-state index contributed by atoms with van der Waals surface area (Å²) in [5, 5.41) is 4.80. The van der Waals surface area contributed by atoms with Gasteiger partial charge in [0.25, 0.3) is 0 Å². The lowest BCUT2D eigenvalue weighted by Crippen LogP contribution is -2.04. The number of ether oxygens (including phenoxy) is 1. The van der Waals surface area contributed by atoms with Crippen molar-refractivity contribution in [2.24, 2.45) is 5.73 Å². The molecule has 0 bridgehead atoms. The molecule has 2 heteroatoms. The molecule has 20 heavy (non-hydrogen) atoms. The zero-order valence-electron chi connectivity index (χ0n) is 11.5. The first-order valence-corrected chi connectivity index (χ1v) is 7.13. The van der Waals surface area contributed by atoms with Gasteiger partial charge in [0.1, 0.15) is 5.75 Å². The maximum atomic E-state index is 6.08. The van der Waals surface area contributed by atoms with Crippen LogP contribution in [0.1, 0.15) is 12.8 Å². The summed E-state index contributed by atoms with van der Waals surface area (Å²) in [7, 11) is 0. The molecule has 0 amide bonds. The Morgan fingerprint density at radius 3 is 2.00 bits per heavy atom. The molecule has 0 spiro atoms. The molecule has 2 N–H and O–H groups in total. The first-order chi connectivity index (χ1) is 9.90. The van der Waals surface area contributed by atoms with Crippen LogP contribution in [-0.4, -0.2) is 13.2 Å². The van der Waals surface area contributed by atoms with E-state index in [4.69, 9.17) is 10.5 Å². The molecule has 3 rings (SSSR count). The highest BCUT2D eigenvalue weighted by molar-refractivity contribution is 6.05. The van der Waals surface area contributed by atoms with Crippen molar-refractivity contribution >= 4 is 21.5 Å². The summed E-state index contributed by atoms with van der Waals surface area (Å²) in [5.74, 6) is 0.996. The minimum atomic E-state index is 0.717. The number of hydrogen-bond acceptors (Lipinski definition) is 2. The lowest BCUT2D eigenvalue weighted by atomic mass is 10.0. The van der Waals surface area contributed by atoms with Gasteiger partial charge in [-0.05, 0) is 36.2 Å². The summed E-state index contributed by atoms with van der Waals surface area (Å²) in [6.45, 7) is 1.44. The summed E-state index contributed by atoms with van der Waals surface area (Å²) in [4.78, 5) is 0. The van der Waals surface area contributed by atoms with Gasteiger partial charge in [0.15, 0.2) is 0 Å². The minimum absolute atomic E-state index is 0.717. The van der Waals surface area contributed by atoms with E-state index >= 15 is 0 Å². The van der Waals surface area contributed by atoms with Crippen LogP contribution in [0.4, 0.5) is 0 Å². The van der Waals surface area contributed by atoms with Crippen molar-refractivity contribution in [3.05, 3.63) is 54.6 Å². The third kappa shape index (κ3) is 2.47. The van der Waals surface area contributed by atoms with E-state index in [0.29, 0.717) is 0 Å². The van der Waals surface area contributed by atoms with Gasteiger partial charge in [-0.1, -0.05) is 48.5 Å². The Balaban J connectivity index is 2.08. The molecular weight excluding hydrogens is 246 g/mol. The van der Waals surface area contributed by atoms with E-state index in [1.165, 1.54) is 21.5 Å². The van der Waals surface area contributed by atoms with Crippen molar-refractivity contribution < 1.29 is 4.74 Å². The van der Waals surface area contributed by atoms with Crippen LogP contribution in [-0.2, 0) is 0 Å². The summed E-state index contributed by atoms with van der Waals surface area (Å²) >= 11 is 0. The number of fused-ring (bicyclic) bond motifs is 2. The van der Waals surface area contributed by atoms with Crippen LogP contribution in [0.5, 0.6) is 5.75 Å². The van der Waals surface area contributed by atoms with Crippen LogP contribution in [0.15, 0.2) is 54.6 Å². The number of rotatable bonds is 5. The van der Waals surface area contributed by atoms with E-state index in [1.54, 1.807) is 0 Å². The van der Waals surface area contributed by atoms with Gasteiger partial charge in [0, 0.05) is 10.8 Å². The Morgan fingerprint density at radius 2 is 1.40 bits per heavy atom. The highest BCUT2D eigenvalue weighted by atomic mass is 16.5. The third-order valence-corrected chi connectivity index (χ3v) is 3.57. The molecule has 102 valence electrons. The molecule has 0 heterocycles. The van der Waals surface area contributed by atoms with E-state index < -0.39 is 0 Å². The molecule has 0 radical (unpaired) electrons. The predicted octanol–water partition coefficient (Wildman–Crippen LogP) is 4.11. The van der Waals surface area contributed by atoms with Crippen LogP contribution in [0.2, 0.25) is 0 Å². The van der Waals surface area contributed by atoms with Crippen molar-refractivity contribution in [1.82, 2.24) is 0 Å². The zero-order valence-corrected chi connectivity index (χ0v) is 11.5. The van der Waals surface area contributed by atoms with Crippen molar-refractivity contribution in [2.75, 3.05) is 13.2 Å². The SMILES string of the molecule is NCCCCOc1c2ccccc2cc2ccccc12. The van der Waals surface area contributed by atoms with Gasteiger partial charge in [-0.15, -0.1) is 0 Å². The molecule has 0 saturated carbocycles. The zero-order chi connectivity index (χ0) is 13.8. The van der Waals surface area contributed by atoms with Crippen LogP contribution >= 0.6 is 0 Å². The summed E-state index contributed by atoms with van der Waals surface area (Å²) in [5.41, 5.74) is 5.53. The lowest BCUT2D eigenvalue weighted by Gasteiger charge is -2.13. The van der Waals surface area contributed by atoms with Crippen LogP contribution in [0, 0.1) is 0 Å². The Bertz CT molecular complexity index is 667. The lowest BCUT2D eigenvalue weighted by molar-refractivity contribution is 0.315. The average molecular weight is 265 g/mol. The quantitative estimate of drug-likeness (QED) is 0.556. The van der Waals surface area contributed by atoms with E-state index in [2.05, 4.69) is 54.6 Å². The first-order valence-electron chi connectivity index (χ1n) is 7.13. The average Bonchev–Trinajstić information content (AvgIpc) is 2.50. The van der Waals surface area contributed by atoms with Gasteiger partial charge in [0.2, 0.25) is 0 Å². The van der Waals surface area contributed by atoms with Crippen LogP contribution < -0.4 is 10.5 Å². The van der Waals surface area contributed by atoms with Gasteiger partial charge >= 0.3 is 0 Å². The normalized spacial score (nSPS) is 11.1. The van der Waals surface area contributed by atoms with Crippen molar-refractivity contribution in [3.8, 4) is 5.75 Å². The largest absolute Gasteiger partial charge is 0.492 e. The molecule has 0 atom stereocenters. The topological polar surface area (TPSA) is 35.2 Å². The maximum Gasteiger partial charge on any atom is 0.134 e. The predicted molar refractivity (Wildman–Crippen MR) is 85.2 cm³/mol. The molecule has 3 aromatic carbocycles. The fraction of sp³-hybridized carbons (Fsp3) is 0.222. The molecule has 0 saturated heterocycles. The number of benzene rings is 3. The first kappa shape index (κ1) is 12.9. The number of hydrogen-bond donors (Lipinski definition) is 1. The second kappa shape index (κ2) is 5.93. The van der Waals surface area contributed by atoms with E-state index in [1.807, 2.05) is 0 Å². The molecule has 0 aliphatic rings. The highest BCUT2D eigenvalue weighted by Crippen LogP contribution is 2.34. The smallest absolute Gasteiger partial charge is 0.134 e. The van der Waals surface area contributed by atoms with Crippen molar-refractivity contribution in [3.63, 3.8) is 0 Å². The Hall–Kier alpha value is -2.06. The second-order valence-corrected chi connectivity index (χ2v) is 4.99. The summed E-state index contributed by atoms with van der Waals surface area (Å²) in [6, 6.07) is 19.0. The minimum Gasteiger partial charge on any atom is -0.492 e. The van der Waals surface area contributed by atoms with E-state index in [9.17, 15) is 0 Å². The standard InChI is InChI=1S/C18H19NO/c19-11-5-6-12-20-18-16-9-3-1-7-14(16)13-15-8-2-4-10-17(15)18/h1-4,7-10,13H,5-6,11-12,19H2. The second-order valence-electron chi connectivity index (χ2n) is 4.99. The van der Waals surface area contributed by atoms with Crippen molar-refractivity contribution in [2.45, 2.75) is 12.8 Å². The van der Waals surface area contributed by atoms with Gasteiger partial charge in [-0.2, -0.15) is 0 Å². The highest BCUT2D eigenvalue weighted by Gasteiger charge is 2.08. The van der Waals surface area contributed by atoms with Crippen molar-refractivity contribution in [1.29, 1.82) is 0 Å². The fourth-order valence-electron chi connectivity index (χ4n) is 2.55. The van der Waals surface area contributed by atoms with E-state index in [0.717, 1.165) is 31.7 Å². The van der Waals surface area contributed by atoms with Gasteiger partial charge in [-0.3, -0.25) is 0 Å². The third-order valence-electron chi connectivity index (χ3n) is 3.57. The molecule has 2 nitrogen and oxygen atoms in total. The Morgan fingerprint density at radius 1 is 0.800 bits per heavy atom. The van der Waals surface area contributed by atoms with Crippen LogP contribution in [0.25, 0.3) is 21.5 Å². The molecular formula is C18H19NO. The Labute approximate surface area is 119 Å².